The van der Waals surface area contributed by atoms with Gasteiger partial charge in [0.15, 0.2) is 0 Å². The van der Waals surface area contributed by atoms with E-state index in [-0.39, 0.29) is 5.91 Å². The van der Waals surface area contributed by atoms with Crippen molar-refractivity contribution in [1.29, 1.82) is 0 Å². The van der Waals surface area contributed by atoms with Gasteiger partial charge in [0.2, 0.25) is 5.91 Å². The number of nitrogen functional groups attached to an aromatic ring is 1. The van der Waals surface area contributed by atoms with Crippen LogP contribution < -0.4 is 16.0 Å². The molecule has 24 heavy (non-hydrogen) atoms. The van der Waals surface area contributed by atoms with E-state index in [1.807, 2.05) is 62.2 Å². The Labute approximate surface area is 143 Å². The number of nitrogens with zero attached hydrogens (tertiary/aromatic N) is 1. The van der Waals surface area contributed by atoms with Gasteiger partial charge in [-0.25, -0.2) is 0 Å². The fraction of sp³-hybridized carbons (Fsp3) is 0.350. The fourth-order valence-corrected chi connectivity index (χ4v) is 3.38. The summed E-state index contributed by atoms with van der Waals surface area (Å²) in [6.45, 7) is 4.57. The second-order valence-corrected chi connectivity index (χ2v) is 7.07. The summed E-state index contributed by atoms with van der Waals surface area (Å²) >= 11 is 0. The molecule has 0 aliphatic carbocycles. The van der Waals surface area contributed by atoms with Crippen molar-refractivity contribution >= 4 is 23.0 Å². The number of para-hydroxylation sites is 1. The molecule has 0 unspecified atom stereocenters. The van der Waals surface area contributed by atoms with Gasteiger partial charge in [0.1, 0.15) is 0 Å². The van der Waals surface area contributed by atoms with Gasteiger partial charge in [-0.05, 0) is 63.1 Å². The number of carbonyl (C=O) groups is 1. The van der Waals surface area contributed by atoms with E-state index in [1.54, 1.807) is 0 Å². The first-order valence-corrected chi connectivity index (χ1v) is 8.39. The predicted molar refractivity (Wildman–Crippen MR) is 99.6 cm³/mol. The minimum absolute atomic E-state index is 0.0815. The zero-order chi connectivity index (χ0) is 17.3. The lowest BCUT2D eigenvalue weighted by Gasteiger charge is -2.33. The highest BCUT2D eigenvalue weighted by molar-refractivity contribution is 6.05. The van der Waals surface area contributed by atoms with Crippen LogP contribution in [0.4, 0.5) is 17.1 Å². The molecule has 0 aromatic heterocycles. The third-order valence-electron chi connectivity index (χ3n) is 4.65. The summed E-state index contributed by atoms with van der Waals surface area (Å²) in [5, 5.41) is 3.13. The first-order chi connectivity index (χ1) is 11.4. The minimum Gasteiger partial charge on any atom is -0.399 e. The Morgan fingerprint density at radius 3 is 2.50 bits per heavy atom. The first kappa shape index (κ1) is 16.5. The van der Waals surface area contributed by atoms with E-state index < -0.39 is 5.41 Å². The van der Waals surface area contributed by atoms with Crippen molar-refractivity contribution in [3.63, 3.8) is 0 Å². The van der Waals surface area contributed by atoms with Gasteiger partial charge in [0, 0.05) is 12.2 Å². The van der Waals surface area contributed by atoms with Gasteiger partial charge >= 0.3 is 0 Å². The van der Waals surface area contributed by atoms with Crippen molar-refractivity contribution in [2.45, 2.75) is 26.7 Å². The number of aryl methyl sites for hydroxylation is 2. The number of hydrogen-bond acceptors (Lipinski definition) is 3. The molecule has 1 heterocycles. The molecule has 1 aliphatic heterocycles. The maximum Gasteiger partial charge on any atom is 0.238 e. The zero-order valence-corrected chi connectivity index (χ0v) is 14.6. The summed E-state index contributed by atoms with van der Waals surface area (Å²) in [6, 6.07) is 14.0. The second kappa shape index (κ2) is 6.29. The molecule has 3 N–H and O–H groups in total. The Morgan fingerprint density at radius 1 is 1.12 bits per heavy atom. The Kier molecular flexibility index (Phi) is 4.33. The summed E-state index contributed by atoms with van der Waals surface area (Å²) in [4.78, 5) is 15.3. The summed E-state index contributed by atoms with van der Waals surface area (Å²) in [5.41, 5.74) is 10.4. The van der Waals surface area contributed by atoms with Crippen LogP contribution in [0.5, 0.6) is 0 Å². The second-order valence-electron chi connectivity index (χ2n) is 7.07. The smallest absolute Gasteiger partial charge is 0.238 e. The highest BCUT2D eigenvalue weighted by atomic mass is 16.2. The van der Waals surface area contributed by atoms with Crippen LogP contribution in [0.15, 0.2) is 42.5 Å². The summed E-state index contributed by atoms with van der Waals surface area (Å²) in [5.74, 6) is 0.0815. The monoisotopic (exact) mass is 323 g/mol. The standard InChI is InChI=1S/C20H25N3O/c1-20(2,13-22-3)19(24)23-17-7-5-4-6-14(17)8-9-15-10-11-16(21)12-18(15)23/h4-7,10-12,22H,8-9,13,21H2,1-3H3. The molecule has 0 fully saturated rings. The molecule has 2 aromatic carbocycles. The minimum atomic E-state index is -0.520. The molecular weight excluding hydrogens is 298 g/mol. The molecule has 3 rings (SSSR count). The Balaban J connectivity index is 2.19. The number of fused-ring (bicyclic) bond motifs is 2. The normalized spacial score (nSPS) is 13.9. The van der Waals surface area contributed by atoms with Crippen molar-refractivity contribution in [2.24, 2.45) is 5.41 Å². The molecule has 2 aromatic rings. The van der Waals surface area contributed by atoms with Crippen LogP contribution in [-0.4, -0.2) is 19.5 Å². The number of rotatable bonds is 3. The molecule has 4 nitrogen and oxygen atoms in total. The SMILES string of the molecule is CNCC(C)(C)C(=O)N1c2ccccc2CCc2ccc(N)cc21. The van der Waals surface area contributed by atoms with Crippen molar-refractivity contribution < 1.29 is 4.79 Å². The molecule has 0 radical (unpaired) electrons. The van der Waals surface area contributed by atoms with E-state index in [1.165, 1.54) is 5.56 Å². The Morgan fingerprint density at radius 2 is 1.79 bits per heavy atom. The predicted octanol–water partition coefficient (Wildman–Crippen LogP) is 3.28. The fourth-order valence-electron chi connectivity index (χ4n) is 3.38. The zero-order valence-electron chi connectivity index (χ0n) is 14.6. The molecule has 4 heteroatoms. The Bertz CT molecular complexity index is 767. The molecule has 126 valence electrons. The van der Waals surface area contributed by atoms with Crippen LogP contribution >= 0.6 is 0 Å². The molecule has 1 amide bonds. The highest BCUT2D eigenvalue weighted by Gasteiger charge is 2.35. The number of nitrogens with one attached hydrogen (secondary N) is 1. The van der Waals surface area contributed by atoms with Gasteiger partial charge in [-0.2, -0.15) is 0 Å². The largest absolute Gasteiger partial charge is 0.399 e. The van der Waals surface area contributed by atoms with E-state index in [4.69, 9.17) is 5.73 Å². The number of carbonyl (C=O) groups excluding carboxylic acids is 1. The van der Waals surface area contributed by atoms with Crippen LogP contribution in [0.25, 0.3) is 0 Å². The van der Waals surface area contributed by atoms with Gasteiger partial charge in [-0.15, -0.1) is 0 Å². The molecule has 0 bridgehead atoms. The maximum absolute atomic E-state index is 13.4. The van der Waals surface area contributed by atoms with E-state index >= 15 is 0 Å². The number of benzene rings is 2. The summed E-state index contributed by atoms with van der Waals surface area (Å²) < 4.78 is 0. The van der Waals surface area contributed by atoms with Gasteiger partial charge < -0.3 is 11.1 Å². The average molecular weight is 323 g/mol. The number of amides is 1. The maximum atomic E-state index is 13.4. The van der Waals surface area contributed by atoms with Crippen molar-refractivity contribution in [2.75, 3.05) is 24.2 Å². The average Bonchev–Trinajstić information content (AvgIpc) is 2.70. The quantitative estimate of drug-likeness (QED) is 0.852. The van der Waals surface area contributed by atoms with Crippen LogP contribution in [0.3, 0.4) is 0 Å². The molecule has 0 saturated carbocycles. The third-order valence-corrected chi connectivity index (χ3v) is 4.65. The van der Waals surface area contributed by atoms with Crippen LogP contribution in [-0.2, 0) is 17.6 Å². The number of hydrogen-bond donors (Lipinski definition) is 2. The number of anilines is 3. The van der Waals surface area contributed by atoms with E-state index in [9.17, 15) is 4.79 Å². The lowest BCUT2D eigenvalue weighted by atomic mass is 9.90. The van der Waals surface area contributed by atoms with Crippen LogP contribution in [0.1, 0.15) is 25.0 Å². The van der Waals surface area contributed by atoms with Gasteiger partial charge in [0.25, 0.3) is 0 Å². The number of nitrogens with two attached hydrogens (primary N) is 1. The van der Waals surface area contributed by atoms with Crippen LogP contribution in [0, 0.1) is 5.41 Å². The van der Waals surface area contributed by atoms with Gasteiger partial charge in [0.05, 0.1) is 16.8 Å². The molecule has 0 atom stereocenters. The van der Waals surface area contributed by atoms with E-state index in [2.05, 4.69) is 11.4 Å². The highest BCUT2D eigenvalue weighted by Crippen LogP contribution is 2.39. The van der Waals surface area contributed by atoms with E-state index in [0.717, 1.165) is 29.8 Å². The molecule has 1 aliphatic rings. The first-order valence-electron chi connectivity index (χ1n) is 8.39. The third kappa shape index (κ3) is 2.89. The molecule has 0 spiro atoms. The molecule has 0 saturated heterocycles. The van der Waals surface area contributed by atoms with Crippen molar-refractivity contribution in [1.82, 2.24) is 5.32 Å². The lowest BCUT2D eigenvalue weighted by Crippen LogP contribution is -2.43. The van der Waals surface area contributed by atoms with E-state index in [0.29, 0.717) is 12.2 Å². The Hall–Kier alpha value is -2.33. The van der Waals surface area contributed by atoms with Crippen LogP contribution in [0.2, 0.25) is 0 Å². The summed E-state index contributed by atoms with van der Waals surface area (Å²) in [6.07, 6.45) is 1.83. The van der Waals surface area contributed by atoms with Crippen molar-refractivity contribution in [3.8, 4) is 0 Å². The van der Waals surface area contributed by atoms with Crippen molar-refractivity contribution in [3.05, 3.63) is 53.6 Å². The molecular formula is C20H25N3O. The summed E-state index contributed by atoms with van der Waals surface area (Å²) in [7, 11) is 1.87. The lowest BCUT2D eigenvalue weighted by molar-refractivity contribution is -0.125. The topological polar surface area (TPSA) is 58.4 Å². The van der Waals surface area contributed by atoms with Gasteiger partial charge in [-0.3, -0.25) is 9.69 Å². The van der Waals surface area contributed by atoms with Gasteiger partial charge in [-0.1, -0.05) is 24.3 Å².